The van der Waals surface area contributed by atoms with E-state index in [-0.39, 0.29) is 0 Å². The van der Waals surface area contributed by atoms with Gasteiger partial charge in [-0.25, -0.2) is 8.42 Å². The third kappa shape index (κ3) is 5.11. The van der Waals surface area contributed by atoms with Gasteiger partial charge in [0.05, 0.1) is 4.90 Å². The zero-order chi connectivity index (χ0) is 19.8. The van der Waals surface area contributed by atoms with Gasteiger partial charge in [-0.05, 0) is 43.7 Å². The second-order valence-electron chi connectivity index (χ2n) is 6.41. The lowest BCUT2D eigenvalue weighted by atomic mass is 10.2. The minimum absolute atomic E-state index is 0.338. The maximum atomic E-state index is 13.4. The maximum Gasteiger partial charge on any atom is 0.243 e. The van der Waals surface area contributed by atoms with Crippen LogP contribution in [0.4, 0.5) is 0 Å². The van der Waals surface area contributed by atoms with Crippen LogP contribution in [-0.2, 0) is 10.0 Å². The molecule has 2 aromatic carbocycles. The van der Waals surface area contributed by atoms with Crippen LogP contribution in [0, 0.1) is 0 Å². The Bertz CT molecular complexity index is 989. The Morgan fingerprint density at radius 3 is 2.57 bits per heavy atom. The maximum absolute atomic E-state index is 13.4. The summed E-state index contributed by atoms with van der Waals surface area (Å²) in [5, 5.41) is 1.53. The highest BCUT2D eigenvalue weighted by atomic mass is 32.2. The molecule has 0 fully saturated rings. The molecule has 28 heavy (non-hydrogen) atoms. The van der Waals surface area contributed by atoms with Crippen molar-refractivity contribution < 1.29 is 8.42 Å². The molecule has 0 spiro atoms. The number of hydrogen-bond acceptors (Lipinski definition) is 5. The van der Waals surface area contributed by atoms with E-state index in [9.17, 15) is 8.42 Å². The molecule has 0 aliphatic rings. The number of benzene rings is 2. The molecule has 0 aliphatic carbocycles. The van der Waals surface area contributed by atoms with Crippen LogP contribution < -0.4 is 5.73 Å². The van der Waals surface area contributed by atoms with Gasteiger partial charge in [0.15, 0.2) is 0 Å². The number of nitrogens with zero attached hydrogens (tertiary/aromatic N) is 2. The van der Waals surface area contributed by atoms with Crippen molar-refractivity contribution >= 4 is 32.6 Å². The summed E-state index contributed by atoms with van der Waals surface area (Å²) in [4.78, 5) is 5.57. The van der Waals surface area contributed by atoms with Crippen molar-refractivity contribution in [2.24, 2.45) is 5.73 Å². The van der Waals surface area contributed by atoms with Crippen LogP contribution in [0.1, 0.15) is 12.8 Å². The number of rotatable bonds is 10. The molecule has 7 heteroatoms. The quantitative estimate of drug-likeness (QED) is 0.403. The van der Waals surface area contributed by atoms with E-state index >= 15 is 0 Å². The SMILES string of the molecule is NCCCCN(CCSc1ccccc1)S(=O)(=O)c1cccc2cnccc12. The Kier molecular flexibility index (Phi) is 7.44. The van der Waals surface area contributed by atoms with Gasteiger partial charge in [0.1, 0.15) is 0 Å². The predicted octanol–water partition coefficient (Wildman–Crippen LogP) is 3.76. The van der Waals surface area contributed by atoms with E-state index in [1.165, 1.54) is 0 Å². The van der Waals surface area contributed by atoms with E-state index in [2.05, 4.69) is 4.98 Å². The molecule has 5 nitrogen and oxygen atoms in total. The van der Waals surface area contributed by atoms with E-state index in [1.807, 2.05) is 36.4 Å². The summed E-state index contributed by atoms with van der Waals surface area (Å²) in [5.74, 6) is 0.693. The lowest BCUT2D eigenvalue weighted by molar-refractivity contribution is 0.419. The molecule has 3 rings (SSSR count). The lowest BCUT2D eigenvalue weighted by Crippen LogP contribution is -2.34. The summed E-state index contributed by atoms with van der Waals surface area (Å²) >= 11 is 1.66. The number of pyridine rings is 1. The first-order valence-electron chi connectivity index (χ1n) is 9.34. The number of hydrogen-bond donors (Lipinski definition) is 1. The summed E-state index contributed by atoms with van der Waals surface area (Å²) in [6.45, 7) is 1.48. The summed E-state index contributed by atoms with van der Waals surface area (Å²) in [6, 6.07) is 17.1. The monoisotopic (exact) mass is 415 g/mol. The Morgan fingerprint density at radius 2 is 1.79 bits per heavy atom. The standard InChI is InChI=1S/C21H25N3O2S2/c22-12-4-5-14-24(15-16-27-19-8-2-1-3-9-19)28(25,26)21-10-6-7-18-17-23-13-11-20(18)21/h1-3,6-11,13,17H,4-5,12,14-16,22H2. The molecule has 148 valence electrons. The van der Waals surface area contributed by atoms with Crippen LogP contribution in [0.15, 0.2) is 76.8 Å². The Morgan fingerprint density at radius 1 is 0.964 bits per heavy atom. The average molecular weight is 416 g/mol. The molecule has 1 heterocycles. The van der Waals surface area contributed by atoms with Crippen LogP contribution >= 0.6 is 11.8 Å². The van der Waals surface area contributed by atoms with Gasteiger partial charge in [0.2, 0.25) is 10.0 Å². The molecule has 1 aromatic heterocycles. The average Bonchev–Trinajstić information content (AvgIpc) is 2.73. The predicted molar refractivity (Wildman–Crippen MR) is 116 cm³/mol. The Labute approximate surface area is 171 Å². The van der Waals surface area contributed by atoms with Gasteiger partial charge in [-0.2, -0.15) is 4.31 Å². The van der Waals surface area contributed by atoms with Crippen LogP contribution in [-0.4, -0.2) is 43.1 Å². The highest BCUT2D eigenvalue weighted by molar-refractivity contribution is 7.99. The largest absolute Gasteiger partial charge is 0.330 e. The smallest absolute Gasteiger partial charge is 0.243 e. The van der Waals surface area contributed by atoms with E-state index in [1.54, 1.807) is 46.7 Å². The zero-order valence-electron chi connectivity index (χ0n) is 15.7. The molecule has 3 aromatic rings. The molecule has 0 amide bonds. The minimum atomic E-state index is -3.61. The van der Waals surface area contributed by atoms with E-state index in [4.69, 9.17) is 5.73 Å². The summed E-state index contributed by atoms with van der Waals surface area (Å²) in [5.41, 5.74) is 5.61. The number of aromatic nitrogens is 1. The number of nitrogens with two attached hydrogens (primary N) is 1. The van der Waals surface area contributed by atoms with Crippen molar-refractivity contribution in [1.82, 2.24) is 9.29 Å². The molecule has 0 saturated heterocycles. The second kappa shape index (κ2) is 10.0. The van der Waals surface area contributed by atoms with Gasteiger partial charge in [-0.3, -0.25) is 4.98 Å². The van der Waals surface area contributed by atoms with Crippen LogP contribution in [0.5, 0.6) is 0 Å². The number of fused-ring (bicyclic) bond motifs is 1. The number of thioether (sulfide) groups is 1. The van der Waals surface area contributed by atoms with Crippen LogP contribution in [0.3, 0.4) is 0 Å². The molecule has 0 atom stereocenters. The molecular formula is C21H25N3O2S2. The Balaban J connectivity index is 1.82. The van der Waals surface area contributed by atoms with E-state index in [0.29, 0.717) is 35.7 Å². The summed E-state index contributed by atoms with van der Waals surface area (Å²) in [7, 11) is -3.61. The van der Waals surface area contributed by atoms with Crippen molar-refractivity contribution in [3.63, 3.8) is 0 Å². The molecular weight excluding hydrogens is 390 g/mol. The number of sulfonamides is 1. The fourth-order valence-corrected chi connectivity index (χ4v) is 5.73. The topological polar surface area (TPSA) is 76.3 Å². The minimum Gasteiger partial charge on any atom is -0.330 e. The fourth-order valence-electron chi connectivity index (χ4n) is 3.02. The van der Waals surface area contributed by atoms with E-state index < -0.39 is 10.0 Å². The van der Waals surface area contributed by atoms with Gasteiger partial charge in [-0.15, -0.1) is 11.8 Å². The van der Waals surface area contributed by atoms with Gasteiger partial charge in [0.25, 0.3) is 0 Å². The summed E-state index contributed by atoms with van der Waals surface area (Å²) in [6.07, 6.45) is 4.87. The fraction of sp³-hybridized carbons (Fsp3) is 0.286. The first-order valence-corrected chi connectivity index (χ1v) is 11.8. The zero-order valence-corrected chi connectivity index (χ0v) is 17.3. The van der Waals surface area contributed by atoms with Crippen molar-refractivity contribution in [3.05, 3.63) is 67.0 Å². The molecule has 2 N–H and O–H groups in total. The van der Waals surface area contributed by atoms with Gasteiger partial charge < -0.3 is 5.73 Å². The van der Waals surface area contributed by atoms with Crippen LogP contribution in [0.25, 0.3) is 10.8 Å². The molecule has 0 saturated carbocycles. The molecule has 0 aliphatic heterocycles. The lowest BCUT2D eigenvalue weighted by Gasteiger charge is -2.23. The van der Waals surface area contributed by atoms with Gasteiger partial charge >= 0.3 is 0 Å². The molecule has 0 unspecified atom stereocenters. The normalized spacial score (nSPS) is 11.9. The van der Waals surface area contributed by atoms with Crippen molar-refractivity contribution in [2.45, 2.75) is 22.6 Å². The van der Waals surface area contributed by atoms with E-state index in [0.717, 1.165) is 23.1 Å². The Hall–Kier alpha value is -1.93. The second-order valence-corrected chi connectivity index (χ2v) is 9.49. The van der Waals surface area contributed by atoms with Gasteiger partial charge in [-0.1, -0.05) is 30.3 Å². The van der Waals surface area contributed by atoms with Gasteiger partial charge in [0, 0.05) is 46.9 Å². The van der Waals surface area contributed by atoms with Crippen molar-refractivity contribution in [3.8, 4) is 0 Å². The third-order valence-electron chi connectivity index (χ3n) is 4.47. The first-order chi connectivity index (χ1) is 13.6. The number of unbranched alkanes of at least 4 members (excludes halogenated alkanes) is 1. The molecule has 0 bridgehead atoms. The highest BCUT2D eigenvalue weighted by Crippen LogP contribution is 2.26. The highest BCUT2D eigenvalue weighted by Gasteiger charge is 2.25. The van der Waals surface area contributed by atoms with Crippen molar-refractivity contribution in [1.29, 1.82) is 0 Å². The van der Waals surface area contributed by atoms with Crippen LogP contribution in [0.2, 0.25) is 0 Å². The first kappa shape index (κ1) is 20.8. The third-order valence-corrected chi connectivity index (χ3v) is 7.42. The van der Waals surface area contributed by atoms with Crippen molar-refractivity contribution in [2.75, 3.05) is 25.4 Å². The summed E-state index contributed by atoms with van der Waals surface area (Å²) < 4.78 is 28.5. The molecule has 0 radical (unpaired) electrons.